The number of benzene rings is 1. The molecule has 1 aromatic rings. The smallest absolute Gasteiger partial charge is 0.335 e. The molecular weight excluding hydrogens is 218 g/mol. The summed E-state index contributed by atoms with van der Waals surface area (Å²) in [6.45, 7) is 1.18. The van der Waals surface area contributed by atoms with E-state index in [0.717, 1.165) is 11.3 Å². The largest absolute Gasteiger partial charge is 0.497 e. The molecule has 0 atom stereocenters. The zero-order valence-corrected chi connectivity index (χ0v) is 9.73. The van der Waals surface area contributed by atoms with Crippen LogP contribution in [0, 0.1) is 0 Å². The summed E-state index contributed by atoms with van der Waals surface area (Å²) in [4.78, 5) is 11.2. The predicted octanol–water partition coefficient (Wildman–Crippen LogP) is 1.62. The van der Waals surface area contributed by atoms with Crippen molar-refractivity contribution in [3.8, 4) is 5.75 Å². The third-order valence-corrected chi connectivity index (χ3v) is 2.61. The van der Waals surface area contributed by atoms with Gasteiger partial charge in [-0.2, -0.15) is 0 Å². The van der Waals surface area contributed by atoms with Gasteiger partial charge < -0.3 is 14.8 Å². The number of ether oxygens (including phenoxy) is 2. The fraction of sp³-hybridized carbons (Fsp3) is 0.308. The van der Waals surface area contributed by atoms with Gasteiger partial charge in [0, 0.05) is 19.2 Å². The minimum atomic E-state index is -0.216. The summed E-state index contributed by atoms with van der Waals surface area (Å²) in [6, 6.07) is 7.79. The molecule has 0 amide bonds. The maximum absolute atomic E-state index is 11.2. The lowest BCUT2D eigenvalue weighted by molar-refractivity contribution is -0.135. The Labute approximate surface area is 100 Å². The summed E-state index contributed by atoms with van der Waals surface area (Å²) in [5, 5.41) is 3.11. The first-order chi connectivity index (χ1) is 8.29. The highest BCUT2D eigenvalue weighted by molar-refractivity contribution is 5.90. The van der Waals surface area contributed by atoms with E-state index >= 15 is 0 Å². The Bertz CT molecular complexity index is 423. The molecule has 0 bridgehead atoms. The zero-order chi connectivity index (χ0) is 12.1. The number of hydrogen-bond acceptors (Lipinski definition) is 4. The maximum atomic E-state index is 11.2. The third kappa shape index (κ3) is 3.00. The van der Waals surface area contributed by atoms with Crippen molar-refractivity contribution in [2.45, 2.75) is 13.0 Å². The molecule has 90 valence electrons. The SMILES string of the molecule is COc1ccc(CNC=C2CCOC2=O)cc1. The Hall–Kier alpha value is -1.97. The molecule has 1 aliphatic rings. The number of esters is 1. The minimum Gasteiger partial charge on any atom is -0.497 e. The summed E-state index contributed by atoms with van der Waals surface area (Å²) >= 11 is 0. The van der Waals surface area contributed by atoms with Crippen LogP contribution in [0.1, 0.15) is 12.0 Å². The lowest BCUT2D eigenvalue weighted by atomic mass is 10.2. The van der Waals surface area contributed by atoms with Crippen LogP contribution in [-0.4, -0.2) is 19.7 Å². The molecule has 0 saturated carbocycles. The van der Waals surface area contributed by atoms with Gasteiger partial charge in [-0.3, -0.25) is 0 Å². The first-order valence-corrected chi connectivity index (χ1v) is 5.52. The second-order valence-corrected chi connectivity index (χ2v) is 3.78. The van der Waals surface area contributed by atoms with E-state index in [2.05, 4.69) is 5.32 Å². The molecule has 1 saturated heterocycles. The van der Waals surface area contributed by atoms with Crippen molar-refractivity contribution in [2.24, 2.45) is 0 Å². The van der Waals surface area contributed by atoms with Gasteiger partial charge in [0.25, 0.3) is 0 Å². The Morgan fingerprint density at radius 1 is 1.41 bits per heavy atom. The quantitative estimate of drug-likeness (QED) is 0.634. The second kappa shape index (κ2) is 5.39. The topological polar surface area (TPSA) is 47.6 Å². The van der Waals surface area contributed by atoms with Crippen LogP contribution in [0.5, 0.6) is 5.75 Å². The van der Waals surface area contributed by atoms with E-state index in [1.165, 1.54) is 0 Å². The number of rotatable bonds is 4. The normalized spacial score (nSPS) is 17.0. The molecule has 4 heteroatoms. The lowest BCUT2D eigenvalue weighted by Crippen LogP contribution is -2.07. The van der Waals surface area contributed by atoms with Crippen molar-refractivity contribution in [1.82, 2.24) is 5.32 Å². The van der Waals surface area contributed by atoms with Crippen LogP contribution >= 0.6 is 0 Å². The standard InChI is InChI=1S/C13H15NO3/c1-16-12-4-2-10(3-5-12)8-14-9-11-6-7-17-13(11)15/h2-5,9,14H,6-8H2,1H3. The number of methoxy groups -OCH3 is 1. The van der Waals surface area contributed by atoms with E-state index in [1.807, 2.05) is 24.3 Å². The molecule has 0 aromatic heterocycles. The van der Waals surface area contributed by atoms with Gasteiger partial charge >= 0.3 is 5.97 Å². The van der Waals surface area contributed by atoms with Crippen LogP contribution in [0.4, 0.5) is 0 Å². The highest BCUT2D eigenvalue weighted by atomic mass is 16.5. The van der Waals surface area contributed by atoms with Crippen molar-refractivity contribution < 1.29 is 14.3 Å². The highest BCUT2D eigenvalue weighted by Crippen LogP contribution is 2.13. The van der Waals surface area contributed by atoms with Gasteiger partial charge in [-0.25, -0.2) is 4.79 Å². The molecule has 1 fully saturated rings. The summed E-state index contributed by atoms with van der Waals surface area (Å²) in [6.07, 6.45) is 2.42. The van der Waals surface area contributed by atoms with Gasteiger partial charge in [-0.15, -0.1) is 0 Å². The molecule has 4 nitrogen and oxygen atoms in total. The van der Waals surface area contributed by atoms with E-state index in [0.29, 0.717) is 25.1 Å². The van der Waals surface area contributed by atoms with Crippen molar-refractivity contribution >= 4 is 5.97 Å². The van der Waals surface area contributed by atoms with Crippen molar-refractivity contribution in [3.63, 3.8) is 0 Å². The molecule has 1 aliphatic heterocycles. The monoisotopic (exact) mass is 233 g/mol. The Kier molecular flexibility index (Phi) is 3.65. The second-order valence-electron chi connectivity index (χ2n) is 3.78. The van der Waals surface area contributed by atoms with Crippen LogP contribution in [-0.2, 0) is 16.1 Å². The fourth-order valence-corrected chi connectivity index (χ4v) is 1.62. The molecule has 2 rings (SSSR count). The van der Waals surface area contributed by atoms with Crippen LogP contribution in [0.15, 0.2) is 36.0 Å². The van der Waals surface area contributed by atoms with Crippen molar-refractivity contribution in [1.29, 1.82) is 0 Å². The number of cyclic esters (lactones) is 1. The van der Waals surface area contributed by atoms with Crippen LogP contribution < -0.4 is 10.1 Å². The van der Waals surface area contributed by atoms with E-state index in [1.54, 1.807) is 13.3 Å². The molecule has 0 spiro atoms. The summed E-state index contributed by atoms with van der Waals surface area (Å²) < 4.78 is 9.91. The van der Waals surface area contributed by atoms with Gasteiger partial charge in [0.2, 0.25) is 0 Å². The van der Waals surface area contributed by atoms with Gasteiger partial charge in [0.05, 0.1) is 19.3 Å². The van der Waals surface area contributed by atoms with Crippen LogP contribution in [0.2, 0.25) is 0 Å². The van der Waals surface area contributed by atoms with Crippen LogP contribution in [0.3, 0.4) is 0 Å². The molecule has 0 unspecified atom stereocenters. The van der Waals surface area contributed by atoms with Crippen molar-refractivity contribution in [3.05, 3.63) is 41.6 Å². The maximum Gasteiger partial charge on any atom is 0.335 e. The van der Waals surface area contributed by atoms with Gasteiger partial charge in [-0.1, -0.05) is 12.1 Å². The zero-order valence-electron chi connectivity index (χ0n) is 9.73. The number of carbonyl (C=O) groups is 1. The fourth-order valence-electron chi connectivity index (χ4n) is 1.62. The summed E-state index contributed by atoms with van der Waals surface area (Å²) in [7, 11) is 1.64. The minimum absolute atomic E-state index is 0.216. The molecule has 0 radical (unpaired) electrons. The summed E-state index contributed by atoms with van der Waals surface area (Å²) in [5.41, 5.74) is 1.84. The summed E-state index contributed by atoms with van der Waals surface area (Å²) in [5.74, 6) is 0.624. The Morgan fingerprint density at radius 3 is 2.76 bits per heavy atom. The molecule has 17 heavy (non-hydrogen) atoms. The van der Waals surface area contributed by atoms with Gasteiger partial charge in [-0.05, 0) is 17.7 Å². The number of hydrogen-bond donors (Lipinski definition) is 1. The van der Waals surface area contributed by atoms with E-state index < -0.39 is 0 Å². The Balaban J connectivity index is 1.87. The highest BCUT2D eigenvalue weighted by Gasteiger charge is 2.17. The number of nitrogens with one attached hydrogen (secondary N) is 1. The first kappa shape index (κ1) is 11.5. The third-order valence-electron chi connectivity index (χ3n) is 2.61. The van der Waals surface area contributed by atoms with E-state index in [4.69, 9.17) is 9.47 Å². The number of carbonyl (C=O) groups excluding carboxylic acids is 1. The molecule has 1 aromatic carbocycles. The lowest BCUT2D eigenvalue weighted by Gasteiger charge is -2.03. The predicted molar refractivity (Wildman–Crippen MR) is 63.5 cm³/mol. The molecular formula is C13H15NO3. The average Bonchev–Trinajstić information content (AvgIpc) is 2.76. The molecule has 1 heterocycles. The van der Waals surface area contributed by atoms with Crippen molar-refractivity contribution in [2.75, 3.05) is 13.7 Å². The van der Waals surface area contributed by atoms with E-state index in [-0.39, 0.29) is 5.97 Å². The first-order valence-electron chi connectivity index (χ1n) is 5.52. The Morgan fingerprint density at radius 2 is 2.18 bits per heavy atom. The molecule has 1 N–H and O–H groups in total. The van der Waals surface area contributed by atoms with Gasteiger partial charge in [0.15, 0.2) is 0 Å². The van der Waals surface area contributed by atoms with Gasteiger partial charge in [0.1, 0.15) is 5.75 Å². The average molecular weight is 233 g/mol. The van der Waals surface area contributed by atoms with Crippen LogP contribution in [0.25, 0.3) is 0 Å². The van der Waals surface area contributed by atoms with E-state index in [9.17, 15) is 4.79 Å². The molecule has 0 aliphatic carbocycles.